The summed E-state index contributed by atoms with van der Waals surface area (Å²) in [5, 5.41) is 11.3. The Morgan fingerprint density at radius 3 is 2.32 bits per heavy atom. The van der Waals surface area contributed by atoms with Crippen molar-refractivity contribution < 1.29 is 24.3 Å². The average Bonchev–Trinajstić information content (AvgIpc) is 2.69. The Bertz CT molecular complexity index is 812. The van der Waals surface area contributed by atoms with E-state index in [-0.39, 0.29) is 13.0 Å². The second-order valence-corrected chi connectivity index (χ2v) is 6.56. The van der Waals surface area contributed by atoms with Crippen molar-refractivity contribution in [3.05, 3.63) is 64.7 Å². The van der Waals surface area contributed by atoms with Crippen LogP contribution in [-0.2, 0) is 22.6 Å². The molecule has 1 atom stereocenters. The molecule has 28 heavy (non-hydrogen) atoms. The number of hydrogen-bond acceptors (Lipinski definition) is 4. The van der Waals surface area contributed by atoms with Crippen LogP contribution in [0.5, 0.6) is 5.75 Å². The first-order chi connectivity index (χ1) is 13.3. The molecule has 0 aliphatic carbocycles. The first-order valence-electron chi connectivity index (χ1n) is 8.54. The van der Waals surface area contributed by atoms with E-state index < -0.39 is 18.0 Å². The SMILES string of the molecule is COc1ccc(CN(C(=O)O)C(Cc2cccc(Cl)c2)C(=O)N(C)OC)cc1. The molecule has 2 aromatic carbocycles. The molecule has 0 spiro atoms. The molecule has 2 rings (SSSR count). The first kappa shape index (κ1) is 21.5. The van der Waals surface area contributed by atoms with Crippen LogP contribution < -0.4 is 4.74 Å². The molecular weight excluding hydrogens is 384 g/mol. The van der Waals surface area contributed by atoms with Crippen LogP contribution in [0.3, 0.4) is 0 Å². The average molecular weight is 407 g/mol. The molecule has 0 aromatic heterocycles. The number of carboxylic acid groups (broad SMARTS) is 1. The third kappa shape index (κ3) is 5.61. The van der Waals surface area contributed by atoms with Gasteiger partial charge in [0, 0.05) is 25.0 Å². The van der Waals surface area contributed by atoms with Crippen molar-refractivity contribution in [2.24, 2.45) is 0 Å². The molecule has 0 fully saturated rings. The van der Waals surface area contributed by atoms with Crippen LogP contribution in [0.2, 0.25) is 5.02 Å². The lowest BCUT2D eigenvalue weighted by Crippen LogP contribution is -2.50. The first-order valence-corrected chi connectivity index (χ1v) is 8.92. The normalized spacial score (nSPS) is 11.6. The Kier molecular flexibility index (Phi) is 7.66. The van der Waals surface area contributed by atoms with Gasteiger partial charge in [-0.15, -0.1) is 0 Å². The van der Waals surface area contributed by atoms with Gasteiger partial charge in [0.05, 0.1) is 14.2 Å². The van der Waals surface area contributed by atoms with Crippen LogP contribution >= 0.6 is 11.6 Å². The number of benzene rings is 2. The van der Waals surface area contributed by atoms with Gasteiger partial charge in [-0.05, 0) is 35.4 Å². The largest absolute Gasteiger partial charge is 0.497 e. The summed E-state index contributed by atoms with van der Waals surface area (Å²) in [6, 6.07) is 13.0. The highest BCUT2D eigenvalue weighted by molar-refractivity contribution is 6.30. The van der Waals surface area contributed by atoms with Crippen molar-refractivity contribution in [3.8, 4) is 5.75 Å². The van der Waals surface area contributed by atoms with Gasteiger partial charge in [-0.2, -0.15) is 0 Å². The summed E-state index contributed by atoms with van der Waals surface area (Å²) >= 11 is 6.04. The van der Waals surface area contributed by atoms with Gasteiger partial charge in [-0.3, -0.25) is 14.5 Å². The molecule has 150 valence electrons. The Balaban J connectivity index is 2.34. The fraction of sp³-hybridized carbons (Fsp3) is 0.300. The maximum absolute atomic E-state index is 12.8. The van der Waals surface area contributed by atoms with Crippen molar-refractivity contribution in [2.45, 2.75) is 19.0 Å². The van der Waals surface area contributed by atoms with Crippen LogP contribution in [-0.4, -0.2) is 54.4 Å². The molecular formula is C20H23ClN2O5. The molecule has 0 heterocycles. The Hall–Kier alpha value is -2.77. The zero-order chi connectivity index (χ0) is 20.7. The highest BCUT2D eigenvalue weighted by atomic mass is 35.5. The van der Waals surface area contributed by atoms with Crippen LogP contribution in [0.25, 0.3) is 0 Å². The van der Waals surface area contributed by atoms with Gasteiger partial charge >= 0.3 is 6.09 Å². The molecule has 2 aromatic rings. The molecule has 0 aliphatic heterocycles. The van der Waals surface area contributed by atoms with Gasteiger partial charge in [0.25, 0.3) is 5.91 Å². The number of carbonyl (C=O) groups excluding carboxylic acids is 1. The third-order valence-electron chi connectivity index (χ3n) is 4.32. The summed E-state index contributed by atoms with van der Waals surface area (Å²) in [6.07, 6.45) is -1.05. The van der Waals surface area contributed by atoms with Crippen molar-refractivity contribution in [2.75, 3.05) is 21.3 Å². The minimum absolute atomic E-state index is 0.0356. The monoisotopic (exact) mass is 406 g/mol. The summed E-state index contributed by atoms with van der Waals surface area (Å²) in [5.41, 5.74) is 1.48. The van der Waals surface area contributed by atoms with Crippen LogP contribution in [0.15, 0.2) is 48.5 Å². The standard InChI is InChI=1S/C20H23ClN2O5/c1-22(28-3)19(24)18(12-15-5-4-6-16(21)11-15)23(20(25)26)13-14-7-9-17(27-2)10-8-14/h4-11,18H,12-13H2,1-3H3,(H,25,26). The van der Waals surface area contributed by atoms with Crippen LogP contribution in [0.4, 0.5) is 4.79 Å². The van der Waals surface area contributed by atoms with Gasteiger partial charge < -0.3 is 9.84 Å². The van der Waals surface area contributed by atoms with E-state index in [1.54, 1.807) is 55.6 Å². The zero-order valence-electron chi connectivity index (χ0n) is 16.0. The van der Waals surface area contributed by atoms with Gasteiger partial charge in [0.15, 0.2) is 0 Å². The number of rotatable bonds is 8. The minimum Gasteiger partial charge on any atom is -0.497 e. The van der Waals surface area contributed by atoms with E-state index in [4.69, 9.17) is 21.2 Å². The maximum atomic E-state index is 12.8. The number of methoxy groups -OCH3 is 1. The number of carbonyl (C=O) groups is 2. The highest BCUT2D eigenvalue weighted by Gasteiger charge is 2.32. The fourth-order valence-corrected chi connectivity index (χ4v) is 2.97. The third-order valence-corrected chi connectivity index (χ3v) is 4.56. The van der Waals surface area contributed by atoms with E-state index in [9.17, 15) is 14.7 Å². The summed E-state index contributed by atoms with van der Waals surface area (Å²) < 4.78 is 5.12. The topological polar surface area (TPSA) is 79.3 Å². The highest BCUT2D eigenvalue weighted by Crippen LogP contribution is 2.19. The maximum Gasteiger partial charge on any atom is 0.408 e. The van der Waals surface area contributed by atoms with E-state index in [0.29, 0.717) is 10.8 Å². The van der Waals surface area contributed by atoms with Gasteiger partial charge in [-0.1, -0.05) is 35.9 Å². The van der Waals surface area contributed by atoms with Gasteiger partial charge in [0.2, 0.25) is 0 Å². The molecule has 8 heteroatoms. The molecule has 7 nitrogen and oxygen atoms in total. The molecule has 0 saturated heterocycles. The van der Waals surface area contributed by atoms with E-state index in [1.165, 1.54) is 14.2 Å². The molecule has 0 aliphatic rings. The smallest absolute Gasteiger partial charge is 0.408 e. The van der Waals surface area contributed by atoms with Crippen molar-refractivity contribution >= 4 is 23.6 Å². The molecule has 0 radical (unpaired) electrons. The summed E-state index contributed by atoms with van der Waals surface area (Å²) in [4.78, 5) is 30.9. The van der Waals surface area contributed by atoms with E-state index in [2.05, 4.69) is 0 Å². The second kappa shape index (κ2) is 9.96. The quantitative estimate of drug-likeness (QED) is 0.679. The lowest BCUT2D eigenvalue weighted by molar-refractivity contribution is -0.174. The Morgan fingerprint density at radius 2 is 1.79 bits per heavy atom. The van der Waals surface area contributed by atoms with Crippen molar-refractivity contribution in [1.82, 2.24) is 9.96 Å². The fourth-order valence-electron chi connectivity index (χ4n) is 2.76. The molecule has 0 saturated carbocycles. The number of hydroxylamine groups is 2. The number of likely N-dealkylation sites (N-methyl/N-ethyl adjacent to an activating group) is 1. The molecule has 2 amide bonds. The summed E-state index contributed by atoms with van der Waals surface area (Å²) in [5.74, 6) is 0.190. The summed E-state index contributed by atoms with van der Waals surface area (Å²) in [6.45, 7) is 0.0356. The predicted molar refractivity (Wildman–Crippen MR) is 105 cm³/mol. The van der Waals surface area contributed by atoms with Crippen molar-refractivity contribution in [3.63, 3.8) is 0 Å². The lowest BCUT2D eigenvalue weighted by Gasteiger charge is -2.31. The molecule has 1 N–H and O–H groups in total. The second-order valence-electron chi connectivity index (χ2n) is 6.13. The predicted octanol–water partition coefficient (Wildman–Crippen LogP) is 3.46. The Morgan fingerprint density at radius 1 is 1.11 bits per heavy atom. The van der Waals surface area contributed by atoms with Crippen LogP contribution in [0.1, 0.15) is 11.1 Å². The molecule has 1 unspecified atom stereocenters. The van der Waals surface area contributed by atoms with Gasteiger partial charge in [0.1, 0.15) is 11.8 Å². The van der Waals surface area contributed by atoms with E-state index >= 15 is 0 Å². The van der Waals surface area contributed by atoms with Crippen LogP contribution in [0, 0.1) is 0 Å². The van der Waals surface area contributed by atoms with Gasteiger partial charge in [-0.25, -0.2) is 9.86 Å². The number of ether oxygens (including phenoxy) is 1. The van der Waals surface area contributed by atoms with E-state index in [0.717, 1.165) is 21.1 Å². The summed E-state index contributed by atoms with van der Waals surface area (Å²) in [7, 11) is 4.35. The minimum atomic E-state index is -1.21. The number of amides is 2. The van der Waals surface area contributed by atoms with Crippen molar-refractivity contribution in [1.29, 1.82) is 0 Å². The number of halogens is 1. The molecule has 0 bridgehead atoms. The number of hydrogen-bond donors (Lipinski definition) is 1. The zero-order valence-corrected chi connectivity index (χ0v) is 16.7. The number of nitrogens with zero attached hydrogens (tertiary/aromatic N) is 2. The Labute approximate surface area is 169 Å². The lowest BCUT2D eigenvalue weighted by atomic mass is 10.0. The van der Waals surface area contributed by atoms with E-state index in [1.807, 2.05) is 0 Å².